The summed E-state index contributed by atoms with van der Waals surface area (Å²) in [5, 5.41) is 0.232. The molecule has 3 aromatic rings. The van der Waals surface area contributed by atoms with Crippen LogP contribution in [0.4, 0.5) is 11.8 Å². The fourth-order valence-corrected chi connectivity index (χ4v) is 4.57. The fourth-order valence-electron chi connectivity index (χ4n) is 3.19. The largest absolute Gasteiger partial charge is 0.465 e. The topological polar surface area (TPSA) is 93.6 Å². The molecule has 1 atom stereocenters. The van der Waals surface area contributed by atoms with E-state index >= 15 is 0 Å². The highest BCUT2D eigenvalue weighted by Gasteiger charge is 2.23. The number of morpholine rings is 1. The normalized spacial score (nSPS) is 15.3. The molecular weight excluding hydrogens is 428 g/mol. The lowest BCUT2D eigenvalue weighted by molar-refractivity contribution is 0.0599. The van der Waals surface area contributed by atoms with E-state index in [0.29, 0.717) is 24.7 Å². The van der Waals surface area contributed by atoms with Gasteiger partial charge >= 0.3 is 5.97 Å². The maximum Gasteiger partial charge on any atom is 0.341 e. The van der Waals surface area contributed by atoms with Crippen LogP contribution in [0.15, 0.2) is 18.5 Å². The minimum absolute atomic E-state index is 0.0236. The van der Waals surface area contributed by atoms with E-state index in [1.54, 1.807) is 11.3 Å². The Bertz CT molecular complexity index is 1050. The van der Waals surface area contributed by atoms with E-state index in [-0.39, 0.29) is 11.3 Å². The van der Waals surface area contributed by atoms with E-state index in [1.165, 1.54) is 19.5 Å². The number of nitrogens with zero attached hydrogens (tertiary/aromatic N) is 6. The number of anilines is 2. The molecule has 4 rings (SSSR count). The van der Waals surface area contributed by atoms with Crippen LogP contribution in [-0.2, 0) is 9.47 Å². The van der Waals surface area contributed by atoms with Crippen molar-refractivity contribution in [3.05, 3.63) is 34.2 Å². The molecule has 0 bridgehead atoms. The molecule has 11 heteroatoms. The van der Waals surface area contributed by atoms with Gasteiger partial charge in [0.25, 0.3) is 0 Å². The second-order valence-corrected chi connectivity index (χ2v) is 8.25. The molecule has 1 aliphatic heterocycles. The molecule has 3 aromatic heterocycles. The van der Waals surface area contributed by atoms with Crippen molar-refractivity contribution in [2.24, 2.45) is 0 Å². The molecule has 30 heavy (non-hydrogen) atoms. The molecule has 0 aromatic carbocycles. The fraction of sp³-hybridized carbons (Fsp3) is 0.421. The van der Waals surface area contributed by atoms with Gasteiger partial charge in [0.2, 0.25) is 11.2 Å². The average molecular weight is 449 g/mol. The van der Waals surface area contributed by atoms with E-state index in [1.807, 2.05) is 18.0 Å². The Kier molecular flexibility index (Phi) is 5.98. The van der Waals surface area contributed by atoms with Gasteiger partial charge in [-0.15, -0.1) is 11.3 Å². The number of fused-ring (bicyclic) bond motifs is 1. The van der Waals surface area contributed by atoms with Gasteiger partial charge in [0, 0.05) is 37.4 Å². The van der Waals surface area contributed by atoms with Gasteiger partial charge in [-0.25, -0.2) is 19.7 Å². The molecule has 9 nitrogen and oxygen atoms in total. The van der Waals surface area contributed by atoms with E-state index in [9.17, 15) is 4.79 Å². The maximum absolute atomic E-state index is 11.6. The number of carbonyl (C=O) groups is 1. The lowest BCUT2D eigenvalue weighted by Gasteiger charge is -2.28. The monoisotopic (exact) mass is 448 g/mol. The number of aromatic nitrogens is 4. The van der Waals surface area contributed by atoms with Crippen LogP contribution < -0.4 is 9.80 Å². The van der Waals surface area contributed by atoms with E-state index in [4.69, 9.17) is 21.1 Å². The zero-order valence-corrected chi connectivity index (χ0v) is 18.4. The van der Waals surface area contributed by atoms with Gasteiger partial charge in [-0.05, 0) is 24.6 Å². The van der Waals surface area contributed by atoms with Crippen molar-refractivity contribution in [2.45, 2.75) is 13.0 Å². The third-order valence-electron chi connectivity index (χ3n) is 5.02. The Morgan fingerprint density at radius 2 is 2.00 bits per heavy atom. The Morgan fingerprint density at radius 1 is 1.30 bits per heavy atom. The summed E-state index contributed by atoms with van der Waals surface area (Å²) in [6.45, 7) is 4.93. The van der Waals surface area contributed by atoms with E-state index in [2.05, 4.69) is 31.8 Å². The highest BCUT2D eigenvalue weighted by atomic mass is 35.5. The van der Waals surface area contributed by atoms with Gasteiger partial charge in [0.05, 0.1) is 42.1 Å². The number of rotatable bonds is 5. The lowest BCUT2D eigenvalue weighted by Crippen LogP contribution is -2.36. The molecule has 1 saturated heterocycles. The number of hydrogen-bond acceptors (Lipinski definition) is 10. The number of methoxy groups -OCH3 is 1. The number of esters is 1. The number of thiophene rings is 1. The molecule has 1 unspecified atom stereocenters. The van der Waals surface area contributed by atoms with Gasteiger partial charge in [0.15, 0.2) is 5.82 Å². The van der Waals surface area contributed by atoms with Gasteiger partial charge in [-0.1, -0.05) is 0 Å². The average Bonchev–Trinajstić information content (AvgIpc) is 3.21. The lowest BCUT2D eigenvalue weighted by atomic mass is 10.2. The first kappa shape index (κ1) is 20.7. The molecule has 158 valence electrons. The van der Waals surface area contributed by atoms with Crippen LogP contribution >= 0.6 is 22.9 Å². The van der Waals surface area contributed by atoms with Crippen LogP contribution in [-0.4, -0.2) is 66.4 Å². The van der Waals surface area contributed by atoms with Crippen LogP contribution in [0, 0.1) is 0 Å². The minimum Gasteiger partial charge on any atom is -0.465 e. The van der Waals surface area contributed by atoms with Crippen molar-refractivity contribution in [1.82, 2.24) is 19.9 Å². The molecular formula is C19H21ClN6O3S. The van der Waals surface area contributed by atoms with Gasteiger partial charge in [-0.3, -0.25) is 0 Å². The second kappa shape index (κ2) is 8.66. The third-order valence-corrected chi connectivity index (χ3v) is 6.48. The molecule has 0 amide bonds. The maximum atomic E-state index is 11.6. The number of carbonyl (C=O) groups excluding carboxylic acids is 1. The summed E-state index contributed by atoms with van der Waals surface area (Å²) < 4.78 is 11.1. The zero-order valence-electron chi connectivity index (χ0n) is 16.8. The van der Waals surface area contributed by atoms with Crippen LogP contribution in [0.1, 0.15) is 28.2 Å². The zero-order chi connectivity index (χ0) is 21.3. The smallest absolute Gasteiger partial charge is 0.341 e. The van der Waals surface area contributed by atoms with Crippen molar-refractivity contribution in [1.29, 1.82) is 0 Å². The minimum atomic E-state index is -0.465. The molecule has 1 aliphatic rings. The van der Waals surface area contributed by atoms with Gasteiger partial charge in [-0.2, -0.15) is 4.98 Å². The highest BCUT2D eigenvalue weighted by Crippen LogP contribution is 2.37. The first-order valence-electron chi connectivity index (χ1n) is 9.40. The SMILES string of the molecule is COC(=O)c1cnc(N(C)C(C)c2cc3nc(Cl)nc(N4CCOCC4)c3s2)nc1. The van der Waals surface area contributed by atoms with Crippen molar-refractivity contribution in [3.8, 4) is 0 Å². The predicted molar refractivity (Wildman–Crippen MR) is 116 cm³/mol. The van der Waals surface area contributed by atoms with Crippen molar-refractivity contribution in [2.75, 3.05) is 50.3 Å². The van der Waals surface area contributed by atoms with Crippen LogP contribution in [0.5, 0.6) is 0 Å². The van der Waals surface area contributed by atoms with Gasteiger partial charge in [0.1, 0.15) is 0 Å². The number of halogens is 1. The molecule has 0 N–H and O–H groups in total. The van der Waals surface area contributed by atoms with E-state index in [0.717, 1.165) is 34.0 Å². The third kappa shape index (κ3) is 4.03. The van der Waals surface area contributed by atoms with Crippen molar-refractivity contribution in [3.63, 3.8) is 0 Å². The molecule has 0 radical (unpaired) electrons. The summed E-state index contributed by atoms with van der Waals surface area (Å²) in [5.41, 5.74) is 1.13. The van der Waals surface area contributed by atoms with E-state index < -0.39 is 5.97 Å². The molecule has 0 aliphatic carbocycles. The van der Waals surface area contributed by atoms with Crippen LogP contribution in [0.3, 0.4) is 0 Å². The second-order valence-electron chi connectivity index (χ2n) is 6.83. The first-order valence-corrected chi connectivity index (χ1v) is 10.6. The summed E-state index contributed by atoms with van der Waals surface area (Å²) in [6, 6.07) is 2.01. The standard InChI is InChI=1S/C19H21ClN6O3S/c1-11(25(2)19-21-9-12(10-22-19)17(27)28-3)14-8-13-15(30-14)16(24-18(20)23-13)26-4-6-29-7-5-26/h8-11H,4-7H2,1-3H3. The summed E-state index contributed by atoms with van der Waals surface area (Å²) in [7, 11) is 3.23. The number of hydrogen-bond donors (Lipinski definition) is 0. The Balaban J connectivity index is 1.63. The van der Waals surface area contributed by atoms with Crippen molar-refractivity contribution >= 4 is 50.9 Å². The number of ether oxygens (including phenoxy) is 2. The van der Waals surface area contributed by atoms with Crippen molar-refractivity contribution < 1.29 is 14.3 Å². The quantitative estimate of drug-likeness (QED) is 0.431. The first-order chi connectivity index (χ1) is 14.5. The predicted octanol–water partition coefficient (Wildman–Crippen LogP) is 2.96. The van der Waals surface area contributed by atoms with Gasteiger partial charge < -0.3 is 19.3 Å². The Hall–Kier alpha value is -2.56. The molecule has 0 saturated carbocycles. The summed E-state index contributed by atoms with van der Waals surface area (Å²) in [6.07, 6.45) is 2.92. The van der Waals surface area contributed by atoms with Crippen LogP contribution in [0.25, 0.3) is 10.2 Å². The molecule has 0 spiro atoms. The Labute approximate surface area is 182 Å². The molecule has 4 heterocycles. The highest BCUT2D eigenvalue weighted by molar-refractivity contribution is 7.19. The summed E-state index contributed by atoms with van der Waals surface area (Å²) >= 11 is 7.83. The molecule has 1 fully saturated rings. The summed E-state index contributed by atoms with van der Waals surface area (Å²) in [4.78, 5) is 34.3. The van der Waals surface area contributed by atoms with Crippen LogP contribution in [0.2, 0.25) is 5.28 Å². The Morgan fingerprint density at radius 3 is 2.67 bits per heavy atom. The summed E-state index contributed by atoms with van der Waals surface area (Å²) in [5.74, 6) is 0.885.